The first-order valence-electron chi connectivity index (χ1n) is 4.25. The van der Waals surface area contributed by atoms with Crippen LogP contribution in [0.3, 0.4) is 0 Å². The van der Waals surface area contributed by atoms with Gasteiger partial charge in [-0.15, -0.1) is 0 Å². The summed E-state index contributed by atoms with van der Waals surface area (Å²) in [6.07, 6.45) is 0.768. The standard InChI is InChI=1S/C10H10Br2O3/c1-14-8-3-2-7(6-13)9(12)10(8)15-5-4-11/h2-3,6H,4-5H2,1H3. The third-order valence-corrected chi connectivity index (χ3v) is 2.90. The Labute approximate surface area is 105 Å². The molecule has 1 aromatic carbocycles. The molecule has 15 heavy (non-hydrogen) atoms. The van der Waals surface area contributed by atoms with Gasteiger partial charge in [0.25, 0.3) is 0 Å². The van der Waals surface area contributed by atoms with Gasteiger partial charge in [-0.1, -0.05) is 15.9 Å². The number of hydrogen-bond acceptors (Lipinski definition) is 3. The number of halogens is 2. The second kappa shape index (κ2) is 6.12. The lowest BCUT2D eigenvalue weighted by atomic mass is 10.2. The van der Waals surface area contributed by atoms with Crippen molar-refractivity contribution in [3.63, 3.8) is 0 Å². The number of ether oxygens (including phenoxy) is 2. The lowest BCUT2D eigenvalue weighted by Crippen LogP contribution is -2.02. The molecular formula is C10H10Br2O3. The zero-order valence-corrected chi connectivity index (χ0v) is 11.3. The van der Waals surface area contributed by atoms with Crippen LogP contribution in [0.4, 0.5) is 0 Å². The molecular weight excluding hydrogens is 328 g/mol. The highest BCUT2D eigenvalue weighted by molar-refractivity contribution is 9.10. The first-order valence-corrected chi connectivity index (χ1v) is 6.16. The van der Waals surface area contributed by atoms with Gasteiger partial charge in [-0.05, 0) is 28.1 Å². The van der Waals surface area contributed by atoms with E-state index < -0.39 is 0 Å². The predicted molar refractivity (Wildman–Crippen MR) is 65.4 cm³/mol. The van der Waals surface area contributed by atoms with Crippen molar-refractivity contribution in [1.29, 1.82) is 0 Å². The number of aldehydes is 1. The van der Waals surface area contributed by atoms with Crippen LogP contribution in [0.15, 0.2) is 16.6 Å². The number of benzene rings is 1. The molecule has 0 heterocycles. The number of methoxy groups -OCH3 is 1. The Balaban J connectivity index is 3.10. The van der Waals surface area contributed by atoms with Crippen LogP contribution in [0.25, 0.3) is 0 Å². The Hall–Kier alpha value is -0.550. The van der Waals surface area contributed by atoms with Crippen LogP contribution in [0, 0.1) is 0 Å². The minimum absolute atomic E-state index is 0.511. The maximum absolute atomic E-state index is 10.7. The third-order valence-electron chi connectivity index (χ3n) is 1.76. The summed E-state index contributed by atoms with van der Waals surface area (Å²) in [6.45, 7) is 0.511. The summed E-state index contributed by atoms with van der Waals surface area (Å²) in [5, 5.41) is 0.716. The minimum atomic E-state index is 0.511. The van der Waals surface area contributed by atoms with Gasteiger partial charge in [0.1, 0.15) is 0 Å². The molecule has 0 bridgehead atoms. The van der Waals surface area contributed by atoms with E-state index >= 15 is 0 Å². The van der Waals surface area contributed by atoms with E-state index in [9.17, 15) is 4.79 Å². The highest BCUT2D eigenvalue weighted by atomic mass is 79.9. The largest absolute Gasteiger partial charge is 0.493 e. The number of alkyl halides is 1. The number of carbonyl (C=O) groups is 1. The molecule has 0 N–H and O–H groups in total. The van der Waals surface area contributed by atoms with E-state index in [0.717, 1.165) is 6.29 Å². The minimum Gasteiger partial charge on any atom is -0.493 e. The molecule has 82 valence electrons. The molecule has 0 saturated heterocycles. The fourth-order valence-corrected chi connectivity index (χ4v) is 1.78. The van der Waals surface area contributed by atoms with Gasteiger partial charge in [-0.2, -0.15) is 0 Å². The molecule has 5 heteroatoms. The quantitative estimate of drug-likeness (QED) is 0.612. The predicted octanol–water partition coefficient (Wildman–Crippen LogP) is 3.04. The van der Waals surface area contributed by atoms with Crippen molar-refractivity contribution in [1.82, 2.24) is 0 Å². The summed E-state index contributed by atoms with van der Waals surface area (Å²) >= 11 is 6.57. The molecule has 0 aromatic heterocycles. The molecule has 0 unspecified atom stereocenters. The summed E-state index contributed by atoms with van der Waals surface area (Å²) < 4.78 is 11.2. The Morgan fingerprint density at radius 1 is 1.47 bits per heavy atom. The molecule has 1 aromatic rings. The topological polar surface area (TPSA) is 35.5 Å². The van der Waals surface area contributed by atoms with Gasteiger partial charge in [0, 0.05) is 10.9 Å². The highest BCUT2D eigenvalue weighted by Gasteiger charge is 2.12. The molecule has 0 aliphatic carbocycles. The van der Waals surface area contributed by atoms with Crippen molar-refractivity contribution in [2.24, 2.45) is 0 Å². The Morgan fingerprint density at radius 3 is 2.73 bits per heavy atom. The normalized spacial score (nSPS) is 9.80. The van der Waals surface area contributed by atoms with Gasteiger partial charge in [0.2, 0.25) is 0 Å². The summed E-state index contributed by atoms with van der Waals surface area (Å²) in [4.78, 5) is 10.7. The van der Waals surface area contributed by atoms with Crippen molar-refractivity contribution in [2.45, 2.75) is 0 Å². The highest BCUT2D eigenvalue weighted by Crippen LogP contribution is 2.37. The van der Waals surface area contributed by atoms with E-state index in [2.05, 4.69) is 31.9 Å². The Kier molecular flexibility index (Phi) is 5.11. The van der Waals surface area contributed by atoms with E-state index in [1.165, 1.54) is 0 Å². The lowest BCUT2D eigenvalue weighted by Gasteiger charge is -2.12. The van der Waals surface area contributed by atoms with Gasteiger partial charge in [0.05, 0.1) is 18.2 Å². The molecule has 3 nitrogen and oxygen atoms in total. The van der Waals surface area contributed by atoms with Crippen LogP contribution in [0.2, 0.25) is 0 Å². The van der Waals surface area contributed by atoms with Crippen molar-refractivity contribution in [2.75, 3.05) is 19.0 Å². The lowest BCUT2D eigenvalue weighted by molar-refractivity contribution is 0.112. The summed E-state index contributed by atoms with van der Waals surface area (Å²) in [7, 11) is 1.56. The molecule has 0 spiro atoms. The summed E-state index contributed by atoms with van der Waals surface area (Å²) in [6, 6.07) is 3.38. The molecule has 1 rings (SSSR count). The van der Waals surface area contributed by atoms with Gasteiger partial charge < -0.3 is 9.47 Å². The molecule has 0 amide bonds. The second-order valence-electron chi connectivity index (χ2n) is 2.66. The third kappa shape index (κ3) is 2.95. The van der Waals surface area contributed by atoms with Crippen molar-refractivity contribution in [3.8, 4) is 11.5 Å². The van der Waals surface area contributed by atoms with Crippen molar-refractivity contribution >= 4 is 38.1 Å². The smallest absolute Gasteiger partial charge is 0.176 e. The molecule has 0 aliphatic rings. The SMILES string of the molecule is COc1ccc(C=O)c(Br)c1OCCBr. The molecule has 0 saturated carbocycles. The van der Waals surface area contributed by atoms with E-state index in [1.54, 1.807) is 19.2 Å². The molecule has 0 radical (unpaired) electrons. The summed E-state index contributed by atoms with van der Waals surface area (Å²) in [5.74, 6) is 1.16. The monoisotopic (exact) mass is 336 g/mol. The maximum atomic E-state index is 10.7. The van der Waals surface area contributed by atoms with Crippen LogP contribution in [-0.4, -0.2) is 25.3 Å². The van der Waals surface area contributed by atoms with Crippen LogP contribution < -0.4 is 9.47 Å². The van der Waals surface area contributed by atoms with Crippen LogP contribution in [-0.2, 0) is 0 Å². The van der Waals surface area contributed by atoms with Crippen molar-refractivity contribution < 1.29 is 14.3 Å². The van der Waals surface area contributed by atoms with Gasteiger partial charge in [0.15, 0.2) is 17.8 Å². The van der Waals surface area contributed by atoms with E-state index in [0.29, 0.717) is 33.5 Å². The van der Waals surface area contributed by atoms with Crippen LogP contribution >= 0.6 is 31.9 Å². The van der Waals surface area contributed by atoms with E-state index in [4.69, 9.17) is 9.47 Å². The van der Waals surface area contributed by atoms with E-state index in [1.807, 2.05) is 0 Å². The van der Waals surface area contributed by atoms with Crippen LogP contribution in [0.1, 0.15) is 10.4 Å². The maximum Gasteiger partial charge on any atom is 0.176 e. The number of rotatable bonds is 5. The average Bonchev–Trinajstić information content (AvgIpc) is 2.27. The molecule has 0 atom stereocenters. The van der Waals surface area contributed by atoms with Gasteiger partial charge in [-0.3, -0.25) is 4.79 Å². The average molecular weight is 338 g/mol. The van der Waals surface area contributed by atoms with Gasteiger partial charge in [-0.25, -0.2) is 0 Å². The van der Waals surface area contributed by atoms with E-state index in [-0.39, 0.29) is 0 Å². The Bertz CT molecular complexity index is 353. The first kappa shape index (κ1) is 12.5. The fourth-order valence-electron chi connectivity index (χ4n) is 1.08. The second-order valence-corrected chi connectivity index (χ2v) is 4.24. The zero-order valence-electron chi connectivity index (χ0n) is 8.13. The summed E-state index contributed by atoms with van der Waals surface area (Å²) in [5.41, 5.74) is 0.542. The van der Waals surface area contributed by atoms with Gasteiger partial charge >= 0.3 is 0 Å². The first-order chi connectivity index (χ1) is 7.24. The Morgan fingerprint density at radius 2 is 2.20 bits per heavy atom. The molecule has 0 fully saturated rings. The molecule has 0 aliphatic heterocycles. The number of carbonyl (C=O) groups excluding carboxylic acids is 1. The fraction of sp³-hybridized carbons (Fsp3) is 0.300. The van der Waals surface area contributed by atoms with Crippen molar-refractivity contribution in [3.05, 3.63) is 22.2 Å². The van der Waals surface area contributed by atoms with Crippen LogP contribution in [0.5, 0.6) is 11.5 Å². The zero-order chi connectivity index (χ0) is 11.3. The number of hydrogen-bond donors (Lipinski definition) is 0.